The van der Waals surface area contributed by atoms with Gasteiger partial charge in [-0.1, -0.05) is 42.5 Å². The first-order valence-corrected chi connectivity index (χ1v) is 10.8. The molecule has 0 bridgehead atoms. The van der Waals surface area contributed by atoms with Gasteiger partial charge in [0.05, 0.1) is 11.2 Å². The van der Waals surface area contributed by atoms with Crippen molar-refractivity contribution < 1.29 is 5.11 Å². The fourth-order valence-corrected chi connectivity index (χ4v) is 3.71. The second-order valence-corrected chi connectivity index (χ2v) is 7.52. The molecule has 8 heteroatoms. The molecule has 0 spiro atoms. The van der Waals surface area contributed by atoms with Gasteiger partial charge in [-0.2, -0.15) is 0 Å². The van der Waals surface area contributed by atoms with Crippen LogP contribution in [0.15, 0.2) is 71.4 Å². The van der Waals surface area contributed by atoms with Crippen molar-refractivity contribution in [3.05, 3.63) is 66.4 Å². The molecule has 2 aromatic carbocycles. The van der Waals surface area contributed by atoms with E-state index in [1.807, 2.05) is 65.6 Å². The van der Waals surface area contributed by atoms with E-state index in [4.69, 9.17) is 9.97 Å². The summed E-state index contributed by atoms with van der Waals surface area (Å²) in [6.07, 6.45) is 1.09. The number of para-hydroxylation sites is 1. The highest BCUT2D eigenvalue weighted by molar-refractivity contribution is 6.07. The lowest BCUT2D eigenvalue weighted by atomic mass is 10.2. The van der Waals surface area contributed by atoms with Crippen molar-refractivity contribution >= 4 is 22.6 Å². The summed E-state index contributed by atoms with van der Waals surface area (Å²) < 4.78 is 0. The summed E-state index contributed by atoms with van der Waals surface area (Å²) in [6.45, 7) is 3.28. The van der Waals surface area contributed by atoms with Gasteiger partial charge < -0.3 is 21.1 Å². The highest BCUT2D eigenvalue weighted by Crippen LogP contribution is 2.25. The molecule has 1 aliphatic rings. The van der Waals surface area contributed by atoms with Gasteiger partial charge in [-0.25, -0.2) is 9.97 Å². The molecule has 0 saturated carbocycles. The molecular weight excluding hydrogens is 402 g/mol. The highest BCUT2D eigenvalue weighted by Gasteiger charge is 2.21. The SMILES string of the molecule is CN=C(C=C(NC)C(O)N1CCNCC1)Nc1nc(-c2ccccc2)nc2ccccc12. The molecule has 32 heavy (non-hydrogen) atoms. The third-order valence-corrected chi connectivity index (χ3v) is 5.48. The quantitative estimate of drug-likeness (QED) is 0.350. The maximum Gasteiger partial charge on any atom is 0.162 e. The summed E-state index contributed by atoms with van der Waals surface area (Å²) in [7, 11) is 3.52. The van der Waals surface area contributed by atoms with E-state index in [0.29, 0.717) is 23.2 Å². The Morgan fingerprint density at radius 3 is 2.53 bits per heavy atom. The molecule has 1 aliphatic heterocycles. The molecule has 166 valence electrons. The Hall–Kier alpha value is -3.33. The standard InChI is InChI=1S/C24H29N7O/c1-25-20(24(32)31-14-12-27-13-15-31)16-21(26-2)29-23-18-10-6-7-11-19(18)28-22(30-23)17-8-4-3-5-9-17/h3-11,16,24-25,27,32H,12-15H2,1-2H3,(H,26,28,29,30). The topological polar surface area (TPSA) is 97.7 Å². The molecule has 1 unspecified atom stereocenters. The molecule has 1 aromatic heterocycles. The zero-order valence-corrected chi connectivity index (χ0v) is 18.4. The second-order valence-electron chi connectivity index (χ2n) is 7.52. The number of hydrogen-bond acceptors (Lipinski definition) is 7. The van der Waals surface area contributed by atoms with Gasteiger partial charge in [-0.15, -0.1) is 0 Å². The minimum Gasteiger partial charge on any atom is -0.388 e. The lowest BCUT2D eigenvalue weighted by Gasteiger charge is -2.32. The largest absolute Gasteiger partial charge is 0.388 e. The lowest BCUT2D eigenvalue weighted by molar-refractivity contribution is 0.0204. The Morgan fingerprint density at radius 2 is 1.81 bits per heavy atom. The van der Waals surface area contributed by atoms with E-state index in [1.165, 1.54) is 0 Å². The molecule has 1 atom stereocenters. The smallest absolute Gasteiger partial charge is 0.162 e. The average Bonchev–Trinajstić information content (AvgIpc) is 2.87. The maximum atomic E-state index is 10.9. The number of fused-ring (bicyclic) bond motifs is 1. The minimum atomic E-state index is -0.734. The predicted molar refractivity (Wildman–Crippen MR) is 130 cm³/mol. The zero-order valence-electron chi connectivity index (χ0n) is 18.4. The van der Waals surface area contributed by atoms with Crippen LogP contribution in [0.5, 0.6) is 0 Å². The van der Waals surface area contributed by atoms with Crippen LogP contribution in [0.25, 0.3) is 22.3 Å². The van der Waals surface area contributed by atoms with Gasteiger partial charge in [-0.3, -0.25) is 9.89 Å². The van der Waals surface area contributed by atoms with Crippen molar-refractivity contribution in [3.8, 4) is 11.4 Å². The van der Waals surface area contributed by atoms with Gasteiger partial charge in [-0.05, 0) is 12.1 Å². The number of nitrogens with one attached hydrogen (secondary N) is 3. The van der Waals surface area contributed by atoms with E-state index in [9.17, 15) is 5.11 Å². The van der Waals surface area contributed by atoms with Crippen molar-refractivity contribution in [1.29, 1.82) is 0 Å². The first-order chi connectivity index (χ1) is 15.7. The van der Waals surface area contributed by atoms with E-state index >= 15 is 0 Å². The fraction of sp³-hybridized carbons (Fsp3) is 0.292. The Labute approximate surface area is 188 Å². The maximum absolute atomic E-state index is 10.9. The molecule has 1 fully saturated rings. The molecule has 0 amide bonds. The van der Waals surface area contributed by atoms with Gasteiger partial charge in [0.15, 0.2) is 5.82 Å². The number of piperazine rings is 1. The van der Waals surface area contributed by atoms with Crippen molar-refractivity contribution in [2.45, 2.75) is 6.23 Å². The van der Waals surface area contributed by atoms with Gasteiger partial charge in [0.25, 0.3) is 0 Å². The Balaban J connectivity index is 1.66. The van der Waals surface area contributed by atoms with Crippen molar-refractivity contribution in [1.82, 2.24) is 25.5 Å². The fourth-order valence-electron chi connectivity index (χ4n) is 3.71. The molecule has 3 aromatic rings. The van der Waals surface area contributed by atoms with Crippen molar-refractivity contribution in [2.24, 2.45) is 4.99 Å². The number of aliphatic hydroxyl groups excluding tert-OH is 1. The number of aliphatic hydroxyl groups is 1. The number of nitrogens with zero attached hydrogens (tertiary/aromatic N) is 4. The van der Waals surface area contributed by atoms with Crippen LogP contribution < -0.4 is 16.0 Å². The van der Waals surface area contributed by atoms with Crippen LogP contribution in [-0.2, 0) is 0 Å². The van der Waals surface area contributed by atoms with Crippen LogP contribution in [0.2, 0.25) is 0 Å². The predicted octanol–water partition coefficient (Wildman–Crippen LogP) is 2.06. The summed E-state index contributed by atoms with van der Waals surface area (Å²) >= 11 is 0. The number of aliphatic imine (C=N–C) groups is 1. The highest BCUT2D eigenvalue weighted by atomic mass is 16.3. The van der Waals surface area contributed by atoms with E-state index in [1.54, 1.807) is 14.1 Å². The number of rotatable bonds is 6. The van der Waals surface area contributed by atoms with Crippen LogP contribution in [0.3, 0.4) is 0 Å². The number of aromatic nitrogens is 2. The molecule has 2 heterocycles. The summed E-state index contributed by atoms with van der Waals surface area (Å²) in [6, 6.07) is 17.8. The van der Waals surface area contributed by atoms with Crippen LogP contribution in [0.1, 0.15) is 0 Å². The van der Waals surface area contributed by atoms with E-state index in [-0.39, 0.29) is 0 Å². The lowest BCUT2D eigenvalue weighted by Crippen LogP contribution is -2.50. The molecule has 0 aliphatic carbocycles. The van der Waals surface area contributed by atoms with E-state index < -0.39 is 6.23 Å². The molecule has 4 rings (SSSR count). The number of anilines is 1. The Bertz CT molecular complexity index is 1110. The second kappa shape index (κ2) is 10.3. The van der Waals surface area contributed by atoms with Crippen LogP contribution in [-0.4, -0.2) is 72.3 Å². The molecule has 4 N–H and O–H groups in total. The minimum absolute atomic E-state index is 0.589. The number of amidine groups is 1. The van der Waals surface area contributed by atoms with Crippen LogP contribution >= 0.6 is 0 Å². The third-order valence-electron chi connectivity index (χ3n) is 5.48. The monoisotopic (exact) mass is 431 g/mol. The average molecular weight is 432 g/mol. The van der Waals surface area contributed by atoms with Gasteiger partial charge >= 0.3 is 0 Å². The van der Waals surface area contributed by atoms with Gasteiger partial charge in [0, 0.05) is 57.3 Å². The molecular formula is C24H29N7O. The van der Waals surface area contributed by atoms with Crippen molar-refractivity contribution in [3.63, 3.8) is 0 Å². The van der Waals surface area contributed by atoms with Crippen molar-refractivity contribution in [2.75, 3.05) is 45.6 Å². The number of likely N-dealkylation sites (N-methyl/N-ethyl adjacent to an activating group) is 1. The normalized spacial score (nSPS) is 16.7. The summed E-state index contributed by atoms with van der Waals surface area (Å²) in [5.74, 6) is 1.89. The van der Waals surface area contributed by atoms with Crippen LogP contribution in [0.4, 0.5) is 5.82 Å². The van der Waals surface area contributed by atoms with E-state index in [0.717, 1.165) is 42.6 Å². The number of hydrogen-bond donors (Lipinski definition) is 4. The molecule has 8 nitrogen and oxygen atoms in total. The van der Waals surface area contributed by atoms with Crippen LogP contribution in [0, 0.1) is 0 Å². The van der Waals surface area contributed by atoms with Gasteiger partial charge in [0.1, 0.15) is 17.9 Å². The molecule has 0 radical (unpaired) electrons. The Morgan fingerprint density at radius 1 is 1.09 bits per heavy atom. The third kappa shape index (κ3) is 4.94. The zero-order chi connectivity index (χ0) is 22.3. The van der Waals surface area contributed by atoms with E-state index in [2.05, 4.69) is 20.9 Å². The summed E-state index contributed by atoms with van der Waals surface area (Å²) in [5, 5.41) is 21.5. The summed E-state index contributed by atoms with van der Waals surface area (Å²) in [5.41, 5.74) is 2.46. The first kappa shape index (κ1) is 21.9. The Kier molecular flexibility index (Phi) is 7.06. The molecule has 1 saturated heterocycles. The summed E-state index contributed by atoms with van der Waals surface area (Å²) in [4.78, 5) is 15.9. The first-order valence-electron chi connectivity index (χ1n) is 10.8. The number of benzene rings is 2. The van der Waals surface area contributed by atoms with Gasteiger partial charge in [0.2, 0.25) is 0 Å².